The van der Waals surface area contributed by atoms with Crippen LogP contribution in [0.4, 0.5) is 5.69 Å². The maximum absolute atomic E-state index is 11.4. The smallest absolute Gasteiger partial charge is 0.306 e. The maximum atomic E-state index is 11.4. The first-order valence-electron chi connectivity index (χ1n) is 7.34. The number of rotatable bonds is 5. The van der Waals surface area contributed by atoms with Crippen LogP contribution in [-0.4, -0.2) is 23.5 Å². The number of hydrogen-bond acceptors (Lipinski definition) is 3. The summed E-state index contributed by atoms with van der Waals surface area (Å²) in [6.07, 6.45) is 3.28. The summed E-state index contributed by atoms with van der Waals surface area (Å²) < 4.78 is 0. The number of carboxylic acid groups (broad SMARTS) is 1. The Labute approximate surface area is 124 Å². The molecule has 0 unspecified atom stereocenters. The van der Waals surface area contributed by atoms with E-state index >= 15 is 0 Å². The molecule has 0 bridgehead atoms. The molecule has 5 heteroatoms. The van der Waals surface area contributed by atoms with Gasteiger partial charge in [-0.2, -0.15) is 0 Å². The zero-order chi connectivity index (χ0) is 15.4. The number of primary amides is 1. The molecule has 0 atom stereocenters. The van der Waals surface area contributed by atoms with Crippen molar-refractivity contribution in [3.05, 3.63) is 29.3 Å². The topological polar surface area (TPSA) is 92.4 Å². The predicted octanol–water partition coefficient (Wildman–Crippen LogP) is 2.40. The summed E-state index contributed by atoms with van der Waals surface area (Å²) in [5, 5.41) is 12.3. The highest BCUT2D eigenvalue weighted by molar-refractivity contribution is 5.98. The lowest BCUT2D eigenvalue weighted by Gasteiger charge is -2.26. The molecule has 1 aromatic rings. The number of aliphatic carboxylic acids is 1. The summed E-state index contributed by atoms with van der Waals surface area (Å²) in [6.45, 7) is 2.71. The van der Waals surface area contributed by atoms with E-state index in [1.165, 1.54) is 0 Å². The number of aryl methyl sites for hydroxylation is 1. The van der Waals surface area contributed by atoms with Crippen LogP contribution in [0, 0.1) is 18.8 Å². The molecule has 1 amide bonds. The Kier molecular flexibility index (Phi) is 4.83. The Morgan fingerprint density at radius 2 is 1.95 bits per heavy atom. The highest BCUT2D eigenvalue weighted by Gasteiger charge is 2.25. The van der Waals surface area contributed by atoms with Gasteiger partial charge in [-0.25, -0.2) is 0 Å². The molecule has 0 heterocycles. The van der Waals surface area contributed by atoms with E-state index in [1.807, 2.05) is 19.1 Å². The molecule has 114 valence electrons. The van der Waals surface area contributed by atoms with Crippen molar-refractivity contribution in [2.75, 3.05) is 11.9 Å². The van der Waals surface area contributed by atoms with Crippen molar-refractivity contribution in [1.82, 2.24) is 0 Å². The minimum atomic E-state index is -0.684. The second kappa shape index (κ2) is 6.61. The Hall–Kier alpha value is -2.04. The van der Waals surface area contributed by atoms with Crippen LogP contribution in [0.15, 0.2) is 18.2 Å². The molecule has 1 aliphatic carbocycles. The van der Waals surface area contributed by atoms with Crippen LogP contribution in [0.3, 0.4) is 0 Å². The van der Waals surface area contributed by atoms with Crippen molar-refractivity contribution in [2.24, 2.45) is 17.6 Å². The second-order valence-corrected chi connectivity index (χ2v) is 5.85. The molecule has 0 aromatic heterocycles. The van der Waals surface area contributed by atoms with Crippen LogP contribution in [0.25, 0.3) is 0 Å². The average Bonchev–Trinajstić information content (AvgIpc) is 2.45. The van der Waals surface area contributed by atoms with E-state index in [-0.39, 0.29) is 5.92 Å². The van der Waals surface area contributed by atoms with Gasteiger partial charge in [0, 0.05) is 12.2 Å². The molecule has 4 N–H and O–H groups in total. The minimum absolute atomic E-state index is 0.193. The minimum Gasteiger partial charge on any atom is -0.481 e. The number of carbonyl (C=O) groups is 2. The SMILES string of the molecule is Cc1ccc(C(N)=O)c(NCC2CCC(C(=O)O)CC2)c1. The highest BCUT2D eigenvalue weighted by Crippen LogP contribution is 2.29. The molecule has 0 spiro atoms. The predicted molar refractivity (Wildman–Crippen MR) is 81.3 cm³/mol. The highest BCUT2D eigenvalue weighted by atomic mass is 16.4. The van der Waals surface area contributed by atoms with Gasteiger partial charge in [-0.3, -0.25) is 9.59 Å². The summed E-state index contributed by atoms with van der Waals surface area (Å²) in [5.74, 6) is -0.869. The first kappa shape index (κ1) is 15.4. The molecular weight excluding hydrogens is 268 g/mol. The Morgan fingerprint density at radius 1 is 1.29 bits per heavy atom. The van der Waals surface area contributed by atoms with Crippen LogP contribution in [0.1, 0.15) is 41.6 Å². The van der Waals surface area contributed by atoms with Gasteiger partial charge < -0.3 is 16.2 Å². The van der Waals surface area contributed by atoms with Crippen molar-refractivity contribution < 1.29 is 14.7 Å². The number of nitrogens with two attached hydrogens (primary N) is 1. The van der Waals surface area contributed by atoms with Crippen LogP contribution < -0.4 is 11.1 Å². The number of nitrogens with one attached hydrogen (secondary N) is 1. The monoisotopic (exact) mass is 290 g/mol. The normalized spacial score (nSPS) is 21.8. The third-order valence-electron chi connectivity index (χ3n) is 4.22. The van der Waals surface area contributed by atoms with Crippen LogP contribution in [0.5, 0.6) is 0 Å². The first-order valence-corrected chi connectivity index (χ1v) is 7.34. The van der Waals surface area contributed by atoms with Crippen molar-refractivity contribution >= 4 is 17.6 Å². The molecule has 1 aromatic carbocycles. The molecule has 21 heavy (non-hydrogen) atoms. The van der Waals surface area contributed by atoms with E-state index in [2.05, 4.69) is 5.32 Å². The summed E-state index contributed by atoms with van der Waals surface area (Å²) in [5.41, 5.74) is 7.71. The second-order valence-electron chi connectivity index (χ2n) is 5.85. The van der Waals surface area contributed by atoms with E-state index in [0.717, 1.165) is 43.5 Å². The van der Waals surface area contributed by atoms with Crippen molar-refractivity contribution in [3.63, 3.8) is 0 Å². The molecule has 0 radical (unpaired) electrons. The van der Waals surface area contributed by atoms with Gasteiger partial charge in [0.2, 0.25) is 0 Å². The van der Waals surface area contributed by atoms with Gasteiger partial charge in [0.15, 0.2) is 0 Å². The summed E-state index contributed by atoms with van der Waals surface area (Å²) in [6, 6.07) is 5.52. The molecule has 0 saturated heterocycles. The molecule has 1 fully saturated rings. The summed E-state index contributed by atoms with van der Waals surface area (Å²) >= 11 is 0. The number of amides is 1. The first-order chi connectivity index (χ1) is 9.97. The lowest BCUT2D eigenvalue weighted by Crippen LogP contribution is -2.26. The number of anilines is 1. The lowest BCUT2D eigenvalue weighted by molar-refractivity contribution is -0.143. The number of carboxylic acids is 1. The Bertz CT molecular complexity index is 534. The molecule has 2 rings (SSSR count). The number of hydrogen-bond donors (Lipinski definition) is 3. The third kappa shape index (κ3) is 3.97. The van der Waals surface area contributed by atoms with Crippen LogP contribution in [-0.2, 0) is 4.79 Å². The van der Waals surface area contributed by atoms with Gasteiger partial charge in [-0.05, 0) is 56.2 Å². The van der Waals surface area contributed by atoms with E-state index in [0.29, 0.717) is 11.5 Å². The summed E-state index contributed by atoms with van der Waals surface area (Å²) in [4.78, 5) is 22.3. The van der Waals surface area contributed by atoms with Gasteiger partial charge in [-0.15, -0.1) is 0 Å². The number of benzene rings is 1. The Morgan fingerprint density at radius 3 is 2.52 bits per heavy atom. The molecule has 0 aliphatic heterocycles. The standard InChI is InChI=1S/C16H22N2O3/c1-10-2-7-13(15(17)19)14(8-10)18-9-11-3-5-12(6-4-11)16(20)21/h2,7-8,11-12,18H,3-6,9H2,1H3,(H2,17,19)(H,20,21). The van der Waals surface area contributed by atoms with E-state index in [4.69, 9.17) is 10.8 Å². The largest absolute Gasteiger partial charge is 0.481 e. The fourth-order valence-electron chi connectivity index (χ4n) is 2.89. The van der Waals surface area contributed by atoms with E-state index in [9.17, 15) is 9.59 Å². The zero-order valence-corrected chi connectivity index (χ0v) is 12.3. The van der Waals surface area contributed by atoms with E-state index in [1.54, 1.807) is 6.07 Å². The van der Waals surface area contributed by atoms with Gasteiger partial charge in [0.1, 0.15) is 0 Å². The van der Waals surface area contributed by atoms with E-state index < -0.39 is 11.9 Å². The Balaban J connectivity index is 1.93. The fraction of sp³-hybridized carbons (Fsp3) is 0.500. The summed E-state index contributed by atoms with van der Waals surface area (Å²) in [7, 11) is 0. The van der Waals surface area contributed by atoms with Crippen molar-refractivity contribution in [1.29, 1.82) is 0 Å². The quantitative estimate of drug-likeness (QED) is 0.776. The van der Waals surface area contributed by atoms with Crippen LogP contribution >= 0.6 is 0 Å². The van der Waals surface area contributed by atoms with Crippen LogP contribution in [0.2, 0.25) is 0 Å². The van der Waals surface area contributed by atoms with Gasteiger partial charge in [0.05, 0.1) is 11.5 Å². The third-order valence-corrected chi connectivity index (χ3v) is 4.22. The van der Waals surface area contributed by atoms with Crippen molar-refractivity contribution in [3.8, 4) is 0 Å². The van der Waals surface area contributed by atoms with Gasteiger partial charge in [0.25, 0.3) is 5.91 Å². The maximum Gasteiger partial charge on any atom is 0.306 e. The van der Waals surface area contributed by atoms with Crippen molar-refractivity contribution in [2.45, 2.75) is 32.6 Å². The molecular formula is C16H22N2O3. The molecule has 1 saturated carbocycles. The van der Waals surface area contributed by atoms with Gasteiger partial charge >= 0.3 is 5.97 Å². The average molecular weight is 290 g/mol. The molecule has 5 nitrogen and oxygen atoms in total. The zero-order valence-electron chi connectivity index (χ0n) is 12.3. The van der Waals surface area contributed by atoms with Gasteiger partial charge in [-0.1, -0.05) is 6.07 Å². The number of carbonyl (C=O) groups excluding carboxylic acids is 1. The lowest BCUT2D eigenvalue weighted by atomic mass is 9.82. The molecule has 1 aliphatic rings. The fourth-order valence-corrected chi connectivity index (χ4v) is 2.89.